The van der Waals surface area contributed by atoms with Crippen LogP contribution in [0.4, 0.5) is 5.69 Å². The second kappa shape index (κ2) is 10.7. The van der Waals surface area contributed by atoms with Gasteiger partial charge in [0.15, 0.2) is 6.61 Å². The van der Waals surface area contributed by atoms with Gasteiger partial charge >= 0.3 is 5.97 Å². The largest absolute Gasteiger partial charge is 0.493 e. The number of para-hydroxylation sites is 1. The number of anilines is 1. The van der Waals surface area contributed by atoms with Crippen molar-refractivity contribution in [2.24, 2.45) is 0 Å². The molecule has 0 aliphatic carbocycles. The van der Waals surface area contributed by atoms with E-state index in [2.05, 4.69) is 5.32 Å². The van der Waals surface area contributed by atoms with Crippen molar-refractivity contribution in [2.45, 2.75) is 25.7 Å². The van der Waals surface area contributed by atoms with Gasteiger partial charge in [-0.2, -0.15) is 4.31 Å². The summed E-state index contributed by atoms with van der Waals surface area (Å²) < 4.78 is 36.7. The number of nitrogens with one attached hydrogen (secondary N) is 1. The molecular weight excluding hydrogens is 408 g/mol. The minimum atomic E-state index is -3.57. The van der Waals surface area contributed by atoms with Crippen LogP contribution < -0.4 is 10.1 Å². The van der Waals surface area contributed by atoms with Gasteiger partial charge in [0.2, 0.25) is 10.0 Å². The summed E-state index contributed by atoms with van der Waals surface area (Å²) in [5, 5.41) is 2.57. The minimum absolute atomic E-state index is 0.142. The number of sulfonamides is 1. The van der Waals surface area contributed by atoms with Crippen LogP contribution >= 0.6 is 0 Å². The van der Waals surface area contributed by atoms with Crippen molar-refractivity contribution < 1.29 is 27.5 Å². The Bertz CT molecular complexity index is 969. The van der Waals surface area contributed by atoms with E-state index in [9.17, 15) is 18.0 Å². The number of esters is 1. The summed E-state index contributed by atoms with van der Waals surface area (Å²) in [6.07, 6.45) is 0. The number of nitrogens with zero attached hydrogens (tertiary/aromatic N) is 1. The molecule has 162 valence electrons. The van der Waals surface area contributed by atoms with Crippen LogP contribution in [0.5, 0.6) is 5.75 Å². The Balaban J connectivity index is 1.97. The number of hydrogen-bond acceptors (Lipinski definition) is 6. The summed E-state index contributed by atoms with van der Waals surface area (Å²) in [5.74, 6) is -0.832. The van der Waals surface area contributed by atoms with Crippen LogP contribution in [-0.2, 0) is 19.6 Å². The molecule has 0 aliphatic rings. The average Bonchev–Trinajstić information content (AvgIpc) is 2.74. The van der Waals surface area contributed by atoms with Gasteiger partial charge in [-0.25, -0.2) is 13.2 Å². The molecular formula is C21H26N2O6S. The second-order valence-electron chi connectivity index (χ2n) is 6.17. The minimum Gasteiger partial charge on any atom is -0.493 e. The number of ether oxygens (including phenoxy) is 2. The third-order valence-electron chi connectivity index (χ3n) is 4.22. The first-order valence-corrected chi connectivity index (χ1v) is 11.1. The molecule has 0 aromatic heterocycles. The van der Waals surface area contributed by atoms with E-state index >= 15 is 0 Å². The summed E-state index contributed by atoms with van der Waals surface area (Å²) >= 11 is 0. The van der Waals surface area contributed by atoms with Crippen molar-refractivity contribution >= 4 is 27.6 Å². The topological polar surface area (TPSA) is 102 Å². The Morgan fingerprint density at radius 2 is 1.60 bits per heavy atom. The first-order valence-electron chi connectivity index (χ1n) is 9.62. The monoisotopic (exact) mass is 434 g/mol. The number of carbonyl (C=O) groups excluding carboxylic acids is 2. The highest BCUT2D eigenvalue weighted by Gasteiger charge is 2.21. The number of carbonyl (C=O) groups is 2. The molecule has 2 rings (SSSR count). The van der Waals surface area contributed by atoms with E-state index in [1.165, 1.54) is 28.6 Å². The molecule has 1 amide bonds. The molecule has 0 saturated heterocycles. The molecule has 0 bridgehead atoms. The van der Waals surface area contributed by atoms with Crippen LogP contribution in [0, 0.1) is 0 Å². The second-order valence-corrected chi connectivity index (χ2v) is 8.11. The van der Waals surface area contributed by atoms with Crippen molar-refractivity contribution in [1.29, 1.82) is 0 Å². The van der Waals surface area contributed by atoms with E-state index in [-0.39, 0.29) is 10.5 Å². The van der Waals surface area contributed by atoms with Crippen LogP contribution in [-0.4, -0.2) is 50.9 Å². The maximum absolute atomic E-state index is 12.5. The number of hydrogen-bond donors (Lipinski definition) is 1. The van der Waals surface area contributed by atoms with E-state index in [0.29, 0.717) is 31.1 Å². The normalized spacial score (nSPS) is 11.2. The molecule has 0 atom stereocenters. The third kappa shape index (κ3) is 5.80. The molecule has 0 unspecified atom stereocenters. The van der Waals surface area contributed by atoms with Crippen molar-refractivity contribution in [1.82, 2.24) is 4.31 Å². The van der Waals surface area contributed by atoms with Gasteiger partial charge in [0.1, 0.15) is 11.3 Å². The molecule has 30 heavy (non-hydrogen) atoms. The zero-order valence-corrected chi connectivity index (χ0v) is 18.1. The zero-order valence-electron chi connectivity index (χ0n) is 17.3. The average molecular weight is 435 g/mol. The maximum Gasteiger partial charge on any atom is 0.342 e. The van der Waals surface area contributed by atoms with Gasteiger partial charge in [0, 0.05) is 18.8 Å². The van der Waals surface area contributed by atoms with Crippen molar-refractivity contribution in [2.75, 3.05) is 31.6 Å². The summed E-state index contributed by atoms with van der Waals surface area (Å²) in [4.78, 5) is 24.5. The first kappa shape index (κ1) is 23.4. The van der Waals surface area contributed by atoms with Gasteiger partial charge in [-0.1, -0.05) is 26.0 Å². The lowest BCUT2D eigenvalue weighted by molar-refractivity contribution is -0.119. The highest BCUT2D eigenvalue weighted by Crippen LogP contribution is 2.20. The third-order valence-corrected chi connectivity index (χ3v) is 6.29. The summed E-state index contributed by atoms with van der Waals surface area (Å²) in [5.41, 5.74) is 0.627. The quantitative estimate of drug-likeness (QED) is 0.577. The number of rotatable bonds is 10. The van der Waals surface area contributed by atoms with E-state index in [1.807, 2.05) is 0 Å². The van der Waals surface area contributed by atoms with Crippen molar-refractivity contribution in [3.63, 3.8) is 0 Å². The maximum atomic E-state index is 12.5. The molecule has 1 N–H and O–H groups in total. The lowest BCUT2D eigenvalue weighted by Crippen LogP contribution is -2.30. The van der Waals surface area contributed by atoms with E-state index in [4.69, 9.17) is 9.47 Å². The molecule has 8 nitrogen and oxygen atoms in total. The predicted molar refractivity (Wildman–Crippen MR) is 113 cm³/mol. The van der Waals surface area contributed by atoms with Gasteiger partial charge in [-0.3, -0.25) is 4.79 Å². The van der Waals surface area contributed by atoms with Crippen LogP contribution in [0.1, 0.15) is 31.1 Å². The molecule has 2 aromatic carbocycles. The molecule has 0 saturated carbocycles. The molecule has 0 spiro atoms. The van der Waals surface area contributed by atoms with Gasteiger partial charge in [-0.15, -0.1) is 0 Å². The highest BCUT2D eigenvalue weighted by molar-refractivity contribution is 7.89. The van der Waals surface area contributed by atoms with Gasteiger partial charge < -0.3 is 14.8 Å². The van der Waals surface area contributed by atoms with Crippen LogP contribution in [0.25, 0.3) is 0 Å². The Kier molecular flexibility index (Phi) is 8.37. The van der Waals surface area contributed by atoms with Gasteiger partial charge in [0.25, 0.3) is 5.91 Å². The van der Waals surface area contributed by atoms with E-state index < -0.39 is 28.5 Å². The standard InChI is InChI=1S/C21H26N2O6S/c1-4-23(5-2)30(26,27)17-13-11-16(12-14-17)22-20(24)15-29-21(25)18-9-7-8-10-19(18)28-6-3/h7-14H,4-6,15H2,1-3H3,(H,22,24). The van der Waals surface area contributed by atoms with Crippen molar-refractivity contribution in [3.05, 3.63) is 54.1 Å². The molecule has 9 heteroatoms. The molecule has 0 radical (unpaired) electrons. The number of amides is 1. The SMILES string of the molecule is CCOc1ccccc1C(=O)OCC(=O)Nc1ccc(S(=O)(=O)N(CC)CC)cc1. The molecule has 0 heterocycles. The fraction of sp³-hybridized carbons (Fsp3) is 0.333. The van der Waals surface area contributed by atoms with E-state index in [1.54, 1.807) is 45.0 Å². The molecule has 2 aromatic rings. The summed E-state index contributed by atoms with van der Waals surface area (Å²) in [6, 6.07) is 12.4. The van der Waals surface area contributed by atoms with Crippen LogP contribution in [0.15, 0.2) is 53.4 Å². The smallest absolute Gasteiger partial charge is 0.342 e. The predicted octanol–water partition coefficient (Wildman–Crippen LogP) is 2.91. The zero-order chi connectivity index (χ0) is 22.1. The lowest BCUT2D eigenvalue weighted by Gasteiger charge is -2.18. The fourth-order valence-corrected chi connectivity index (χ4v) is 4.20. The Labute approximate surface area is 176 Å². The van der Waals surface area contributed by atoms with Crippen LogP contribution in [0.2, 0.25) is 0 Å². The fourth-order valence-electron chi connectivity index (χ4n) is 2.75. The Hall–Kier alpha value is -2.91. The Morgan fingerprint density at radius 3 is 2.20 bits per heavy atom. The van der Waals surface area contributed by atoms with Gasteiger partial charge in [0.05, 0.1) is 11.5 Å². The molecule has 0 aliphatic heterocycles. The van der Waals surface area contributed by atoms with Crippen molar-refractivity contribution in [3.8, 4) is 5.75 Å². The summed E-state index contributed by atoms with van der Waals surface area (Å²) in [7, 11) is -3.57. The van der Waals surface area contributed by atoms with Gasteiger partial charge in [-0.05, 0) is 43.3 Å². The lowest BCUT2D eigenvalue weighted by atomic mass is 10.2. The summed E-state index contributed by atoms with van der Waals surface area (Å²) in [6.45, 7) is 5.98. The van der Waals surface area contributed by atoms with Crippen LogP contribution in [0.3, 0.4) is 0 Å². The number of benzene rings is 2. The highest BCUT2D eigenvalue weighted by atomic mass is 32.2. The first-order chi connectivity index (χ1) is 14.3. The van der Waals surface area contributed by atoms with E-state index in [0.717, 1.165) is 0 Å². The Morgan fingerprint density at radius 1 is 0.967 bits per heavy atom. The molecule has 0 fully saturated rings.